The van der Waals surface area contributed by atoms with Crippen LogP contribution in [0.25, 0.3) is 0 Å². The van der Waals surface area contributed by atoms with Crippen LogP contribution in [0.3, 0.4) is 0 Å². The summed E-state index contributed by atoms with van der Waals surface area (Å²) < 4.78 is 6.80. The summed E-state index contributed by atoms with van der Waals surface area (Å²) in [6.45, 7) is 4.70. The normalized spacial score (nSPS) is 17.7. The molecule has 0 aromatic carbocycles. The van der Waals surface area contributed by atoms with E-state index in [0.29, 0.717) is 12.5 Å². The molecule has 0 amide bonds. The number of hydrogen-bond donors (Lipinski definition) is 1. The molecule has 1 saturated carbocycles. The highest BCUT2D eigenvalue weighted by molar-refractivity contribution is 14.1. The molecule has 1 aromatic heterocycles. The van der Waals surface area contributed by atoms with Crippen molar-refractivity contribution in [2.45, 2.75) is 51.6 Å². The minimum absolute atomic E-state index is 0.0470. The van der Waals surface area contributed by atoms with Gasteiger partial charge in [0.15, 0.2) is 5.82 Å². The van der Waals surface area contributed by atoms with Crippen molar-refractivity contribution in [3.05, 3.63) is 15.1 Å². The standard InChI is InChI=1S/C14H22IN3O/c1-4-19-9(2)13-17-12(10-7-5-6-8-10)11(15)14(16-3)18-13/h9-10H,4-8H2,1-3H3,(H,16,17,18). The molecule has 1 aliphatic rings. The lowest BCUT2D eigenvalue weighted by Crippen LogP contribution is -2.13. The molecule has 1 atom stereocenters. The summed E-state index contributed by atoms with van der Waals surface area (Å²) >= 11 is 2.36. The van der Waals surface area contributed by atoms with Crippen LogP contribution in [0.1, 0.15) is 63.1 Å². The average Bonchev–Trinajstić information content (AvgIpc) is 2.93. The van der Waals surface area contributed by atoms with Crippen molar-refractivity contribution in [2.24, 2.45) is 0 Å². The van der Waals surface area contributed by atoms with Crippen molar-refractivity contribution in [3.63, 3.8) is 0 Å². The van der Waals surface area contributed by atoms with Crippen LogP contribution in [0.4, 0.5) is 5.82 Å². The number of aromatic nitrogens is 2. The summed E-state index contributed by atoms with van der Waals surface area (Å²) in [7, 11) is 1.91. The molecule has 0 radical (unpaired) electrons. The Hall–Kier alpha value is -0.430. The van der Waals surface area contributed by atoms with E-state index in [9.17, 15) is 0 Å². The summed E-state index contributed by atoms with van der Waals surface area (Å²) in [5.41, 5.74) is 1.21. The van der Waals surface area contributed by atoms with E-state index in [-0.39, 0.29) is 6.10 Å². The molecule has 1 N–H and O–H groups in total. The maximum absolute atomic E-state index is 5.63. The number of nitrogens with one attached hydrogen (secondary N) is 1. The van der Waals surface area contributed by atoms with Gasteiger partial charge in [-0.05, 0) is 49.3 Å². The molecule has 1 aromatic rings. The Morgan fingerprint density at radius 1 is 1.37 bits per heavy atom. The fraction of sp³-hybridized carbons (Fsp3) is 0.714. The highest BCUT2D eigenvalue weighted by atomic mass is 127. The quantitative estimate of drug-likeness (QED) is 0.794. The van der Waals surface area contributed by atoms with Crippen LogP contribution in [0.2, 0.25) is 0 Å². The minimum atomic E-state index is -0.0470. The van der Waals surface area contributed by atoms with Gasteiger partial charge in [-0.2, -0.15) is 0 Å². The molecule has 5 heteroatoms. The first-order chi connectivity index (χ1) is 9.17. The summed E-state index contributed by atoms with van der Waals surface area (Å²) in [6.07, 6.45) is 5.08. The van der Waals surface area contributed by atoms with Crippen LogP contribution < -0.4 is 5.32 Å². The maximum Gasteiger partial charge on any atom is 0.159 e. The van der Waals surface area contributed by atoms with Crippen molar-refractivity contribution in [3.8, 4) is 0 Å². The number of ether oxygens (including phenoxy) is 1. The molecule has 0 bridgehead atoms. The van der Waals surface area contributed by atoms with Crippen LogP contribution in [-0.2, 0) is 4.74 Å². The number of hydrogen-bond acceptors (Lipinski definition) is 4. The van der Waals surface area contributed by atoms with E-state index in [0.717, 1.165) is 11.6 Å². The zero-order valence-corrected chi connectivity index (χ0v) is 14.0. The zero-order chi connectivity index (χ0) is 13.8. The second kappa shape index (κ2) is 6.83. The summed E-state index contributed by atoms with van der Waals surface area (Å²) in [5, 5.41) is 3.18. The largest absolute Gasteiger partial charge is 0.372 e. The van der Waals surface area contributed by atoms with Crippen molar-refractivity contribution in [1.29, 1.82) is 0 Å². The lowest BCUT2D eigenvalue weighted by Gasteiger charge is -2.18. The SMILES string of the molecule is CCOC(C)c1nc(NC)c(I)c(C2CCCC2)n1. The molecule has 19 heavy (non-hydrogen) atoms. The van der Waals surface area contributed by atoms with Gasteiger partial charge in [0.2, 0.25) is 0 Å². The second-order valence-corrected chi connectivity index (χ2v) is 6.04. The van der Waals surface area contributed by atoms with Crippen molar-refractivity contribution in [2.75, 3.05) is 19.0 Å². The smallest absolute Gasteiger partial charge is 0.159 e. The maximum atomic E-state index is 5.63. The molecule has 1 fully saturated rings. The second-order valence-electron chi connectivity index (χ2n) is 4.96. The van der Waals surface area contributed by atoms with Gasteiger partial charge >= 0.3 is 0 Å². The third kappa shape index (κ3) is 3.37. The van der Waals surface area contributed by atoms with Gasteiger partial charge in [0.25, 0.3) is 0 Å². The molecular formula is C14H22IN3O. The molecule has 1 aliphatic carbocycles. The molecule has 0 spiro atoms. The zero-order valence-electron chi connectivity index (χ0n) is 11.9. The first kappa shape index (κ1) is 15.0. The molecule has 1 heterocycles. The van der Waals surface area contributed by atoms with Crippen molar-refractivity contribution < 1.29 is 4.74 Å². The summed E-state index contributed by atoms with van der Waals surface area (Å²) in [6, 6.07) is 0. The van der Waals surface area contributed by atoms with Crippen LogP contribution >= 0.6 is 22.6 Å². The van der Waals surface area contributed by atoms with Gasteiger partial charge in [-0.3, -0.25) is 0 Å². The lowest BCUT2D eigenvalue weighted by atomic mass is 10.0. The number of nitrogens with zero attached hydrogens (tertiary/aromatic N) is 2. The highest BCUT2D eigenvalue weighted by Gasteiger charge is 2.24. The Morgan fingerprint density at radius 2 is 2.05 bits per heavy atom. The van der Waals surface area contributed by atoms with Crippen LogP contribution in [0.15, 0.2) is 0 Å². The van der Waals surface area contributed by atoms with Crippen LogP contribution in [0, 0.1) is 3.57 Å². The van der Waals surface area contributed by atoms with Gasteiger partial charge in [-0.25, -0.2) is 9.97 Å². The van der Waals surface area contributed by atoms with E-state index in [1.165, 1.54) is 34.9 Å². The van der Waals surface area contributed by atoms with Gasteiger partial charge in [-0.1, -0.05) is 12.8 Å². The van der Waals surface area contributed by atoms with E-state index in [1.807, 2.05) is 20.9 Å². The van der Waals surface area contributed by atoms with Crippen LogP contribution in [-0.4, -0.2) is 23.6 Å². The first-order valence-corrected chi connectivity index (χ1v) is 8.11. The molecule has 0 aliphatic heterocycles. The number of anilines is 1. The van der Waals surface area contributed by atoms with E-state index in [2.05, 4.69) is 32.9 Å². The van der Waals surface area contributed by atoms with E-state index >= 15 is 0 Å². The van der Waals surface area contributed by atoms with Crippen molar-refractivity contribution >= 4 is 28.4 Å². The first-order valence-electron chi connectivity index (χ1n) is 7.04. The fourth-order valence-electron chi connectivity index (χ4n) is 2.62. The van der Waals surface area contributed by atoms with Gasteiger partial charge in [0, 0.05) is 19.6 Å². The Kier molecular flexibility index (Phi) is 5.38. The van der Waals surface area contributed by atoms with E-state index in [4.69, 9.17) is 9.72 Å². The predicted molar refractivity (Wildman–Crippen MR) is 85.5 cm³/mol. The molecular weight excluding hydrogens is 353 g/mol. The summed E-state index contributed by atoms with van der Waals surface area (Å²) in [5.74, 6) is 2.32. The molecule has 106 valence electrons. The lowest BCUT2D eigenvalue weighted by molar-refractivity contribution is 0.0699. The molecule has 1 unspecified atom stereocenters. The Bertz CT molecular complexity index is 433. The highest BCUT2D eigenvalue weighted by Crippen LogP contribution is 2.37. The molecule has 4 nitrogen and oxygen atoms in total. The van der Waals surface area contributed by atoms with Gasteiger partial charge in [0.1, 0.15) is 11.9 Å². The third-order valence-corrected chi connectivity index (χ3v) is 4.72. The van der Waals surface area contributed by atoms with Gasteiger partial charge in [0.05, 0.1) is 9.26 Å². The predicted octanol–water partition coefficient (Wildman–Crippen LogP) is 3.88. The Labute approximate surface area is 128 Å². The third-order valence-electron chi connectivity index (χ3n) is 3.65. The Morgan fingerprint density at radius 3 is 2.63 bits per heavy atom. The average molecular weight is 375 g/mol. The number of rotatable bonds is 5. The minimum Gasteiger partial charge on any atom is -0.372 e. The van der Waals surface area contributed by atoms with Gasteiger partial charge < -0.3 is 10.1 Å². The number of halogens is 1. The monoisotopic (exact) mass is 375 g/mol. The molecule has 2 rings (SSSR count). The van der Waals surface area contributed by atoms with Crippen LogP contribution in [0.5, 0.6) is 0 Å². The van der Waals surface area contributed by atoms with Gasteiger partial charge in [-0.15, -0.1) is 0 Å². The van der Waals surface area contributed by atoms with E-state index < -0.39 is 0 Å². The summed E-state index contributed by atoms with van der Waals surface area (Å²) in [4.78, 5) is 9.38. The fourth-order valence-corrected chi connectivity index (χ4v) is 3.58. The Balaban J connectivity index is 2.37. The van der Waals surface area contributed by atoms with Crippen molar-refractivity contribution in [1.82, 2.24) is 9.97 Å². The topological polar surface area (TPSA) is 47.0 Å². The van der Waals surface area contributed by atoms with E-state index in [1.54, 1.807) is 0 Å². The molecule has 0 saturated heterocycles.